The number of halogens is 3. The largest absolute Gasteiger partial charge is 0.366 e. The molecule has 2 N–H and O–H groups in total. The zero-order valence-corrected chi connectivity index (χ0v) is 18.3. The highest BCUT2D eigenvalue weighted by molar-refractivity contribution is 6.39. The molecule has 1 amide bonds. The van der Waals surface area contributed by atoms with Crippen LogP contribution in [0, 0.1) is 5.82 Å². The monoisotopic (exact) mass is 462 g/mol. The van der Waals surface area contributed by atoms with Crippen molar-refractivity contribution in [1.82, 2.24) is 4.57 Å². The molecular weight excluding hydrogens is 446 g/mol. The highest BCUT2D eigenvalue weighted by atomic mass is 35.5. The number of hydrogen-bond donors (Lipinski definition) is 1. The normalized spacial score (nSPS) is 11.3. The van der Waals surface area contributed by atoms with Gasteiger partial charge in [0.1, 0.15) is 5.82 Å². The number of nitrogens with two attached hydrogens (primary N) is 1. The Bertz CT molecular complexity index is 1490. The molecule has 6 heteroatoms. The summed E-state index contributed by atoms with van der Waals surface area (Å²) in [7, 11) is 0. The second kappa shape index (κ2) is 7.97. The van der Waals surface area contributed by atoms with Gasteiger partial charge in [0.25, 0.3) is 0 Å². The summed E-state index contributed by atoms with van der Waals surface area (Å²) in [5, 5.41) is 2.78. The first-order valence-corrected chi connectivity index (χ1v) is 10.7. The lowest BCUT2D eigenvalue weighted by Gasteiger charge is -2.11. The summed E-state index contributed by atoms with van der Waals surface area (Å²) >= 11 is 12.9. The Morgan fingerprint density at radius 1 is 0.875 bits per heavy atom. The van der Waals surface area contributed by atoms with E-state index < -0.39 is 5.91 Å². The second-order valence-electron chi connectivity index (χ2n) is 7.61. The molecular formula is C26H17Cl2FN2O. The summed E-state index contributed by atoms with van der Waals surface area (Å²) in [4.78, 5) is 12.2. The van der Waals surface area contributed by atoms with E-state index in [0.717, 1.165) is 38.5 Å². The van der Waals surface area contributed by atoms with Gasteiger partial charge in [-0.15, -0.1) is 0 Å². The van der Waals surface area contributed by atoms with Gasteiger partial charge in [0.05, 0.1) is 11.0 Å². The highest BCUT2D eigenvalue weighted by Gasteiger charge is 2.18. The molecule has 0 saturated carbocycles. The van der Waals surface area contributed by atoms with E-state index in [2.05, 4.69) is 4.57 Å². The summed E-state index contributed by atoms with van der Waals surface area (Å²) in [5.41, 5.74) is 10.4. The molecule has 3 nitrogen and oxygen atoms in total. The van der Waals surface area contributed by atoms with Crippen molar-refractivity contribution in [3.8, 4) is 11.1 Å². The van der Waals surface area contributed by atoms with Crippen LogP contribution in [0.3, 0.4) is 0 Å². The van der Waals surface area contributed by atoms with E-state index in [0.29, 0.717) is 22.2 Å². The van der Waals surface area contributed by atoms with Crippen LogP contribution < -0.4 is 5.73 Å². The predicted octanol–water partition coefficient (Wildman–Crippen LogP) is 7.05. The first kappa shape index (κ1) is 20.6. The fraction of sp³-hybridized carbons (Fsp3) is 0.0385. The molecule has 0 spiro atoms. The van der Waals surface area contributed by atoms with Gasteiger partial charge in [-0.1, -0.05) is 59.6 Å². The Kier molecular flexibility index (Phi) is 5.12. The van der Waals surface area contributed by atoms with Gasteiger partial charge in [0.15, 0.2) is 0 Å². The Balaban J connectivity index is 1.82. The molecule has 1 aromatic heterocycles. The van der Waals surface area contributed by atoms with Gasteiger partial charge in [0, 0.05) is 38.5 Å². The van der Waals surface area contributed by atoms with E-state index in [1.165, 1.54) is 12.1 Å². The van der Waals surface area contributed by atoms with E-state index >= 15 is 0 Å². The molecule has 0 fully saturated rings. The number of carbonyl (C=O) groups excluding carboxylic acids is 1. The molecule has 0 unspecified atom stereocenters. The van der Waals surface area contributed by atoms with Crippen LogP contribution in [0.2, 0.25) is 10.0 Å². The molecule has 5 aromatic rings. The van der Waals surface area contributed by atoms with Crippen molar-refractivity contribution in [2.45, 2.75) is 6.54 Å². The predicted molar refractivity (Wildman–Crippen MR) is 129 cm³/mol. The number of nitrogens with zero attached hydrogens (tertiary/aromatic N) is 1. The smallest absolute Gasteiger partial charge is 0.249 e. The maximum absolute atomic E-state index is 13.4. The lowest BCUT2D eigenvalue weighted by atomic mass is 10.0. The van der Waals surface area contributed by atoms with E-state index in [1.54, 1.807) is 36.4 Å². The quantitative estimate of drug-likeness (QED) is 0.305. The van der Waals surface area contributed by atoms with Crippen molar-refractivity contribution in [2.24, 2.45) is 5.73 Å². The lowest BCUT2D eigenvalue weighted by molar-refractivity contribution is 0.100. The zero-order chi connectivity index (χ0) is 22.4. The SMILES string of the molecule is NC(=O)c1cccc2c1c1ccc(-c3c(Cl)cccc3Cl)cc1n2Cc1ccc(F)cc1. The Labute approximate surface area is 193 Å². The lowest BCUT2D eigenvalue weighted by Crippen LogP contribution is -2.11. The first-order valence-electron chi connectivity index (χ1n) is 9.97. The van der Waals surface area contributed by atoms with Gasteiger partial charge >= 0.3 is 0 Å². The molecule has 0 aliphatic heterocycles. The Hall–Kier alpha value is -3.34. The number of aromatic nitrogens is 1. The second-order valence-corrected chi connectivity index (χ2v) is 8.42. The van der Waals surface area contributed by atoms with Crippen molar-refractivity contribution in [1.29, 1.82) is 0 Å². The number of carbonyl (C=O) groups is 1. The topological polar surface area (TPSA) is 48.0 Å². The van der Waals surface area contributed by atoms with Crippen LogP contribution in [-0.2, 0) is 6.54 Å². The minimum atomic E-state index is -0.491. The summed E-state index contributed by atoms with van der Waals surface area (Å²) in [6.45, 7) is 0.488. The average molecular weight is 463 g/mol. The third kappa shape index (κ3) is 3.42. The van der Waals surface area contributed by atoms with Crippen molar-refractivity contribution < 1.29 is 9.18 Å². The minimum absolute atomic E-state index is 0.289. The summed E-state index contributed by atoms with van der Waals surface area (Å²) in [6, 6.07) is 23.2. The average Bonchev–Trinajstić information content (AvgIpc) is 3.08. The van der Waals surface area contributed by atoms with Crippen LogP contribution in [0.25, 0.3) is 32.9 Å². The molecule has 0 radical (unpaired) electrons. The first-order chi connectivity index (χ1) is 15.4. The maximum Gasteiger partial charge on any atom is 0.249 e. The van der Waals surface area contributed by atoms with Crippen molar-refractivity contribution in [3.05, 3.63) is 106 Å². The van der Waals surface area contributed by atoms with Crippen LogP contribution >= 0.6 is 23.2 Å². The summed E-state index contributed by atoms with van der Waals surface area (Å²) < 4.78 is 15.5. The van der Waals surface area contributed by atoms with Crippen LogP contribution in [0.1, 0.15) is 15.9 Å². The van der Waals surface area contributed by atoms with Gasteiger partial charge in [0.2, 0.25) is 5.91 Å². The third-order valence-electron chi connectivity index (χ3n) is 5.66. The summed E-state index contributed by atoms with van der Waals surface area (Å²) in [6.07, 6.45) is 0. The van der Waals surface area contributed by atoms with Gasteiger partial charge in [-0.05, 0) is 53.6 Å². The number of primary amides is 1. The fourth-order valence-electron chi connectivity index (χ4n) is 4.22. The summed E-state index contributed by atoms with van der Waals surface area (Å²) in [5.74, 6) is -0.780. The van der Waals surface area contributed by atoms with E-state index in [-0.39, 0.29) is 5.82 Å². The molecule has 0 aliphatic carbocycles. The molecule has 1 heterocycles. The number of rotatable bonds is 4. The Morgan fingerprint density at radius 2 is 1.56 bits per heavy atom. The number of hydrogen-bond acceptors (Lipinski definition) is 1. The zero-order valence-electron chi connectivity index (χ0n) is 16.8. The van der Waals surface area contributed by atoms with Crippen LogP contribution in [0.15, 0.2) is 78.9 Å². The van der Waals surface area contributed by atoms with E-state index in [1.807, 2.05) is 30.3 Å². The third-order valence-corrected chi connectivity index (χ3v) is 6.29. The fourth-order valence-corrected chi connectivity index (χ4v) is 4.84. The van der Waals surface area contributed by atoms with Crippen LogP contribution in [0.4, 0.5) is 4.39 Å². The minimum Gasteiger partial charge on any atom is -0.366 e. The van der Waals surface area contributed by atoms with Crippen LogP contribution in [0.5, 0.6) is 0 Å². The van der Waals surface area contributed by atoms with Crippen molar-refractivity contribution in [3.63, 3.8) is 0 Å². The molecule has 0 saturated heterocycles. The van der Waals surface area contributed by atoms with Crippen LogP contribution in [-0.4, -0.2) is 10.5 Å². The molecule has 5 rings (SSSR count). The number of fused-ring (bicyclic) bond motifs is 3. The molecule has 0 bridgehead atoms. The van der Waals surface area contributed by atoms with Gasteiger partial charge < -0.3 is 10.3 Å². The molecule has 32 heavy (non-hydrogen) atoms. The van der Waals surface area contributed by atoms with E-state index in [4.69, 9.17) is 28.9 Å². The van der Waals surface area contributed by atoms with E-state index in [9.17, 15) is 9.18 Å². The standard InChI is InChI=1S/C26H17Cl2FN2O/c27-20-4-2-5-21(28)24(20)16-9-12-18-23(13-16)31(14-15-7-10-17(29)11-8-15)22-6-1-3-19(25(18)22)26(30)32/h1-13H,14H2,(H2,30,32). The van der Waals surface area contributed by atoms with Gasteiger partial charge in [-0.2, -0.15) is 0 Å². The number of benzene rings is 4. The molecule has 0 aliphatic rings. The molecule has 158 valence electrons. The van der Waals surface area contributed by atoms with Crippen molar-refractivity contribution >= 4 is 50.9 Å². The Morgan fingerprint density at radius 3 is 2.25 bits per heavy atom. The van der Waals surface area contributed by atoms with Gasteiger partial charge in [-0.3, -0.25) is 4.79 Å². The molecule has 4 aromatic carbocycles. The number of amides is 1. The van der Waals surface area contributed by atoms with Crippen molar-refractivity contribution in [2.75, 3.05) is 0 Å². The highest BCUT2D eigenvalue weighted by Crippen LogP contribution is 2.39. The van der Waals surface area contributed by atoms with Gasteiger partial charge in [-0.25, -0.2) is 4.39 Å². The maximum atomic E-state index is 13.4. The molecule has 0 atom stereocenters.